The van der Waals surface area contributed by atoms with Crippen LogP contribution in [0.1, 0.15) is 11.1 Å². The van der Waals surface area contributed by atoms with Crippen molar-refractivity contribution in [2.45, 2.75) is 13.1 Å². The Labute approximate surface area is 109 Å². The molecule has 2 aromatic carbocycles. The maximum Gasteiger partial charge on any atom is 0.416 e. The zero-order valence-corrected chi connectivity index (χ0v) is 10.3. The molecule has 2 rings (SSSR count). The fourth-order valence-electron chi connectivity index (χ4n) is 1.68. The summed E-state index contributed by atoms with van der Waals surface area (Å²) in [6, 6.07) is 10.3. The van der Waals surface area contributed by atoms with Crippen molar-refractivity contribution in [2.24, 2.45) is 0 Å². The molecule has 0 saturated heterocycles. The van der Waals surface area contributed by atoms with Crippen LogP contribution in [0.4, 0.5) is 30.2 Å². The van der Waals surface area contributed by atoms with E-state index < -0.39 is 11.7 Å². The summed E-state index contributed by atoms with van der Waals surface area (Å²) >= 11 is 0. The largest absolute Gasteiger partial charge is 0.416 e. The average molecular weight is 266 g/mol. The van der Waals surface area contributed by atoms with Gasteiger partial charge in [-0.15, -0.1) is 0 Å². The van der Waals surface area contributed by atoms with Crippen molar-refractivity contribution in [3.8, 4) is 0 Å². The highest BCUT2D eigenvalue weighted by Gasteiger charge is 2.29. The van der Waals surface area contributed by atoms with Crippen LogP contribution in [-0.4, -0.2) is 0 Å². The lowest BCUT2D eigenvalue weighted by molar-refractivity contribution is -0.137. The Hall–Kier alpha value is -2.17. The molecule has 0 aliphatic heterocycles. The standard InChI is InChI=1S/C14H13F3N2/c1-9-2-7-12(18)13(8-9)19-11-5-3-10(4-6-11)14(15,16)17/h2-8,19H,18H2,1H3. The highest BCUT2D eigenvalue weighted by molar-refractivity contribution is 5.73. The maximum atomic E-state index is 12.4. The first-order chi connectivity index (χ1) is 8.86. The second-order valence-corrected chi connectivity index (χ2v) is 4.29. The molecule has 0 aliphatic carbocycles. The van der Waals surface area contributed by atoms with Gasteiger partial charge in [0.15, 0.2) is 0 Å². The Morgan fingerprint density at radius 1 is 1.00 bits per heavy atom. The molecular formula is C14H13F3N2. The maximum absolute atomic E-state index is 12.4. The molecule has 0 saturated carbocycles. The third-order valence-electron chi connectivity index (χ3n) is 2.70. The van der Waals surface area contributed by atoms with Crippen molar-refractivity contribution in [3.63, 3.8) is 0 Å². The molecule has 0 aromatic heterocycles. The van der Waals surface area contributed by atoms with Crippen LogP contribution in [0.5, 0.6) is 0 Å². The summed E-state index contributed by atoms with van der Waals surface area (Å²) in [5, 5.41) is 3.00. The van der Waals surface area contributed by atoms with Crippen molar-refractivity contribution in [3.05, 3.63) is 53.6 Å². The van der Waals surface area contributed by atoms with Gasteiger partial charge in [0.25, 0.3) is 0 Å². The lowest BCUT2D eigenvalue weighted by Crippen LogP contribution is -2.04. The summed E-state index contributed by atoms with van der Waals surface area (Å²) in [6.07, 6.45) is -4.32. The van der Waals surface area contributed by atoms with Gasteiger partial charge in [-0.25, -0.2) is 0 Å². The van der Waals surface area contributed by atoms with Gasteiger partial charge in [-0.05, 0) is 48.9 Å². The van der Waals surface area contributed by atoms with E-state index in [2.05, 4.69) is 5.32 Å². The second-order valence-electron chi connectivity index (χ2n) is 4.29. The van der Waals surface area contributed by atoms with Gasteiger partial charge < -0.3 is 11.1 Å². The van der Waals surface area contributed by atoms with E-state index in [1.165, 1.54) is 12.1 Å². The number of alkyl halides is 3. The number of benzene rings is 2. The molecule has 5 heteroatoms. The Kier molecular flexibility index (Phi) is 3.38. The number of hydrogen-bond donors (Lipinski definition) is 2. The van der Waals surface area contributed by atoms with E-state index in [1.807, 2.05) is 19.1 Å². The molecule has 0 radical (unpaired) electrons. The number of nitrogens with two attached hydrogens (primary N) is 1. The summed E-state index contributed by atoms with van der Waals surface area (Å²) < 4.78 is 37.3. The van der Waals surface area contributed by atoms with Gasteiger partial charge in [-0.1, -0.05) is 6.07 Å². The van der Waals surface area contributed by atoms with Crippen LogP contribution >= 0.6 is 0 Å². The van der Waals surface area contributed by atoms with Crippen LogP contribution in [0, 0.1) is 6.92 Å². The highest BCUT2D eigenvalue weighted by atomic mass is 19.4. The second kappa shape index (κ2) is 4.84. The van der Waals surface area contributed by atoms with Gasteiger partial charge >= 0.3 is 6.18 Å². The van der Waals surface area contributed by atoms with Crippen molar-refractivity contribution in [2.75, 3.05) is 11.1 Å². The smallest absolute Gasteiger partial charge is 0.397 e. The fourth-order valence-corrected chi connectivity index (χ4v) is 1.68. The van der Waals surface area contributed by atoms with Crippen LogP contribution in [0.3, 0.4) is 0 Å². The molecule has 0 amide bonds. The SMILES string of the molecule is Cc1ccc(N)c(Nc2ccc(C(F)(F)F)cc2)c1. The molecular weight excluding hydrogens is 253 g/mol. The van der Waals surface area contributed by atoms with Gasteiger partial charge in [0, 0.05) is 5.69 Å². The first-order valence-electron chi connectivity index (χ1n) is 5.67. The predicted molar refractivity (Wildman–Crippen MR) is 70.3 cm³/mol. The predicted octanol–water partition coefficient (Wildman–Crippen LogP) is 4.34. The third kappa shape index (κ3) is 3.19. The van der Waals surface area contributed by atoms with Crippen LogP contribution in [-0.2, 0) is 6.18 Å². The normalized spacial score (nSPS) is 11.4. The van der Waals surface area contributed by atoms with Crippen molar-refractivity contribution < 1.29 is 13.2 Å². The molecule has 0 bridgehead atoms. The topological polar surface area (TPSA) is 38.0 Å². The third-order valence-corrected chi connectivity index (χ3v) is 2.70. The monoisotopic (exact) mass is 266 g/mol. The zero-order valence-electron chi connectivity index (χ0n) is 10.3. The molecule has 0 aliphatic rings. The van der Waals surface area contributed by atoms with E-state index >= 15 is 0 Å². The average Bonchev–Trinajstić information content (AvgIpc) is 2.33. The summed E-state index contributed by atoms with van der Waals surface area (Å²) in [7, 11) is 0. The van der Waals surface area contributed by atoms with E-state index in [-0.39, 0.29) is 0 Å². The minimum atomic E-state index is -4.32. The van der Waals surface area contributed by atoms with E-state index in [0.717, 1.165) is 17.7 Å². The summed E-state index contributed by atoms with van der Waals surface area (Å²) in [5.74, 6) is 0. The van der Waals surface area contributed by atoms with Crippen LogP contribution in [0.2, 0.25) is 0 Å². The molecule has 2 nitrogen and oxygen atoms in total. The summed E-state index contributed by atoms with van der Waals surface area (Å²) in [6.45, 7) is 1.91. The first kappa shape index (κ1) is 13.3. The lowest BCUT2D eigenvalue weighted by atomic mass is 10.1. The fraction of sp³-hybridized carbons (Fsp3) is 0.143. The van der Waals surface area contributed by atoms with Crippen LogP contribution < -0.4 is 11.1 Å². The molecule has 2 aromatic rings. The zero-order chi connectivity index (χ0) is 14.0. The summed E-state index contributed by atoms with van der Waals surface area (Å²) in [4.78, 5) is 0. The Bertz CT molecular complexity index is 574. The van der Waals surface area contributed by atoms with E-state index in [4.69, 9.17) is 5.73 Å². The van der Waals surface area contributed by atoms with E-state index in [0.29, 0.717) is 17.1 Å². The Morgan fingerprint density at radius 2 is 1.63 bits per heavy atom. The number of halogens is 3. The lowest BCUT2D eigenvalue weighted by Gasteiger charge is -2.11. The molecule has 19 heavy (non-hydrogen) atoms. The van der Waals surface area contributed by atoms with Gasteiger partial charge in [0.2, 0.25) is 0 Å². The van der Waals surface area contributed by atoms with Gasteiger partial charge in [0.1, 0.15) is 0 Å². The number of aryl methyl sites for hydroxylation is 1. The first-order valence-corrected chi connectivity index (χ1v) is 5.67. The molecule has 0 fully saturated rings. The van der Waals surface area contributed by atoms with E-state index in [9.17, 15) is 13.2 Å². The molecule has 0 atom stereocenters. The van der Waals surface area contributed by atoms with Crippen LogP contribution in [0.25, 0.3) is 0 Å². The highest BCUT2D eigenvalue weighted by Crippen LogP contribution is 2.31. The number of nitrogens with one attached hydrogen (secondary N) is 1. The molecule has 0 spiro atoms. The number of hydrogen-bond acceptors (Lipinski definition) is 2. The molecule has 0 heterocycles. The minimum Gasteiger partial charge on any atom is -0.397 e. The van der Waals surface area contributed by atoms with Crippen LogP contribution in [0.15, 0.2) is 42.5 Å². The molecule has 0 unspecified atom stereocenters. The number of anilines is 3. The van der Waals surface area contributed by atoms with Crippen molar-refractivity contribution in [1.29, 1.82) is 0 Å². The van der Waals surface area contributed by atoms with Gasteiger partial charge in [0.05, 0.1) is 16.9 Å². The molecule has 3 N–H and O–H groups in total. The number of nitrogen functional groups attached to an aromatic ring is 1. The Morgan fingerprint density at radius 3 is 2.21 bits per heavy atom. The van der Waals surface area contributed by atoms with E-state index in [1.54, 1.807) is 6.07 Å². The van der Waals surface area contributed by atoms with Gasteiger partial charge in [-0.2, -0.15) is 13.2 Å². The Balaban J connectivity index is 2.22. The molecule has 100 valence electrons. The van der Waals surface area contributed by atoms with Gasteiger partial charge in [-0.3, -0.25) is 0 Å². The quantitative estimate of drug-likeness (QED) is 0.793. The minimum absolute atomic E-state index is 0.547. The summed E-state index contributed by atoms with van der Waals surface area (Å²) in [5.41, 5.74) is 7.93. The number of rotatable bonds is 2. The van der Waals surface area contributed by atoms with Crippen molar-refractivity contribution in [1.82, 2.24) is 0 Å². The van der Waals surface area contributed by atoms with Crippen molar-refractivity contribution >= 4 is 17.1 Å².